The predicted molar refractivity (Wildman–Crippen MR) is 139 cm³/mol. The zero-order valence-electron chi connectivity index (χ0n) is 20.3. The standard InChI is InChI=1S/C29H38N2O2/c1-4-6-11-23(5-2)22-30-20-10-21-33-31-29(25-16-18-26(32-3)19-17-25)28-15-9-13-24-12-7-8-14-27(24)28/h7-9,12-19,23,30H,4-6,10-11,20-22H2,1-3H3. The Morgan fingerprint density at radius 3 is 2.48 bits per heavy atom. The molecule has 1 N–H and O–H groups in total. The topological polar surface area (TPSA) is 42.8 Å². The smallest absolute Gasteiger partial charge is 0.118 e. The zero-order valence-corrected chi connectivity index (χ0v) is 20.3. The molecule has 0 aliphatic heterocycles. The molecule has 0 radical (unpaired) electrons. The second-order valence-electron chi connectivity index (χ2n) is 8.50. The Kier molecular flexibility index (Phi) is 10.2. The Bertz CT molecular complexity index is 993. The first kappa shape index (κ1) is 24.8. The van der Waals surface area contributed by atoms with Crippen LogP contribution in [0.1, 0.15) is 57.1 Å². The fourth-order valence-corrected chi connectivity index (χ4v) is 4.06. The van der Waals surface area contributed by atoms with Crippen LogP contribution < -0.4 is 10.1 Å². The molecular weight excluding hydrogens is 408 g/mol. The largest absolute Gasteiger partial charge is 0.497 e. The van der Waals surface area contributed by atoms with E-state index < -0.39 is 0 Å². The highest BCUT2D eigenvalue weighted by molar-refractivity contribution is 6.19. The van der Waals surface area contributed by atoms with Crippen molar-refractivity contribution in [1.29, 1.82) is 0 Å². The summed E-state index contributed by atoms with van der Waals surface area (Å²) in [6.07, 6.45) is 6.08. The fraction of sp³-hybridized carbons (Fsp3) is 0.414. The van der Waals surface area contributed by atoms with Crippen LogP contribution in [0.5, 0.6) is 5.75 Å². The molecule has 0 heterocycles. The molecular formula is C29H38N2O2. The lowest BCUT2D eigenvalue weighted by Crippen LogP contribution is -2.24. The third-order valence-corrected chi connectivity index (χ3v) is 6.13. The van der Waals surface area contributed by atoms with Crippen molar-refractivity contribution in [2.75, 3.05) is 26.8 Å². The van der Waals surface area contributed by atoms with Gasteiger partial charge in [0.05, 0.1) is 7.11 Å². The van der Waals surface area contributed by atoms with Gasteiger partial charge in [0.1, 0.15) is 18.1 Å². The van der Waals surface area contributed by atoms with E-state index in [-0.39, 0.29) is 0 Å². The number of hydrogen-bond acceptors (Lipinski definition) is 4. The number of oxime groups is 1. The maximum absolute atomic E-state index is 5.83. The van der Waals surface area contributed by atoms with Crippen molar-refractivity contribution >= 4 is 16.5 Å². The van der Waals surface area contributed by atoms with Crippen molar-refractivity contribution < 1.29 is 9.57 Å². The molecule has 3 aromatic rings. The van der Waals surface area contributed by atoms with Crippen molar-refractivity contribution in [3.05, 3.63) is 77.9 Å². The molecule has 0 saturated heterocycles. The normalized spacial score (nSPS) is 12.6. The summed E-state index contributed by atoms with van der Waals surface area (Å²) in [6.45, 7) is 7.17. The molecule has 0 amide bonds. The minimum Gasteiger partial charge on any atom is -0.497 e. The molecule has 0 saturated carbocycles. The maximum Gasteiger partial charge on any atom is 0.118 e. The van der Waals surface area contributed by atoms with E-state index in [1.165, 1.54) is 31.1 Å². The molecule has 33 heavy (non-hydrogen) atoms. The average Bonchev–Trinajstić information content (AvgIpc) is 2.87. The van der Waals surface area contributed by atoms with Crippen LogP contribution in [0.3, 0.4) is 0 Å². The van der Waals surface area contributed by atoms with Crippen LogP contribution in [0.2, 0.25) is 0 Å². The molecule has 0 bridgehead atoms. The first-order chi connectivity index (χ1) is 16.3. The van der Waals surface area contributed by atoms with Crippen LogP contribution >= 0.6 is 0 Å². The minimum atomic E-state index is 0.586. The van der Waals surface area contributed by atoms with Gasteiger partial charge < -0.3 is 14.9 Å². The molecule has 3 rings (SSSR count). The highest BCUT2D eigenvalue weighted by atomic mass is 16.6. The van der Waals surface area contributed by atoms with E-state index in [0.717, 1.165) is 53.4 Å². The van der Waals surface area contributed by atoms with Crippen LogP contribution in [0.25, 0.3) is 10.8 Å². The number of methoxy groups -OCH3 is 1. The molecule has 176 valence electrons. The van der Waals surface area contributed by atoms with Gasteiger partial charge in [0.2, 0.25) is 0 Å². The van der Waals surface area contributed by atoms with Gasteiger partial charge in [0.25, 0.3) is 0 Å². The van der Waals surface area contributed by atoms with Gasteiger partial charge in [0.15, 0.2) is 0 Å². The zero-order chi connectivity index (χ0) is 23.3. The minimum absolute atomic E-state index is 0.586. The lowest BCUT2D eigenvalue weighted by atomic mass is 9.96. The first-order valence-electron chi connectivity index (χ1n) is 12.3. The number of nitrogens with one attached hydrogen (secondary N) is 1. The molecule has 4 nitrogen and oxygen atoms in total. The Balaban J connectivity index is 1.66. The lowest BCUT2D eigenvalue weighted by Gasteiger charge is -2.15. The SMILES string of the molecule is CCCCC(CC)CNCCCON=C(c1ccc(OC)cc1)c1cccc2ccccc12. The number of benzene rings is 3. The molecule has 0 fully saturated rings. The number of ether oxygens (including phenoxy) is 1. The second kappa shape index (κ2) is 13.6. The summed E-state index contributed by atoms with van der Waals surface area (Å²) < 4.78 is 5.33. The highest BCUT2D eigenvalue weighted by Crippen LogP contribution is 2.23. The van der Waals surface area contributed by atoms with E-state index in [4.69, 9.17) is 9.57 Å². The third-order valence-electron chi connectivity index (χ3n) is 6.13. The van der Waals surface area contributed by atoms with Crippen LogP contribution in [0.4, 0.5) is 0 Å². The van der Waals surface area contributed by atoms with Crippen molar-refractivity contribution in [3.63, 3.8) is 0 Å². The summed E-state index contributed by atoms with van der Waals surface area (Å²) in [5.74, 6) is 1.60. The van der Waals surface area contributed by atoms with E-state index >= 15 is 0 Å². The number of unbranched alkanes of at least 4 members (excludes halogenated alkanes) is 1. The van der Waals surface area contributed by atoms with E-state index in [2.05, 4.69) is 66.8 Å². The molecule has 0 spiro atoms. The van der Waals surface area contributed by atoms with Gasteiger partial charge in [-0.3, -0.25) is 0 Å². The molecule has 0 aliphatic rings. The first-order valence-corrected chi connectivity index (χ1v) is 12.3. The van der Waals surface area contributed by atoms with Gasteiger partial charge in [-0.2, -0.15) is 0 Å². The Hall–Kier alpha value is -2.85. The number of hydrogen-bond donors (Lipinski definition) is 1. The quantitative estimate of drug-likeness (QED) is 0.168. The Morgan fingerprint density at radius 2 is 1.73 bits per heavy atom. The van der Waals surface area contributed by atoms with Crippen molar-refractivity contribution in [2.24, 2.45) is 11.1 Å². The monoisotopic (exact) mass is 446 g/mol. The maximum atomic E-state index is 5.83. The fourth-order valence-electron chi connectivity index (χ4n) is 4.06. The summed E-state index contributed by atoms with van der Waals surface area (Å²) in [4.78, 5) is 5.83. The van der Waals surface area contributed by atoms with Gasteiger partial charge in [-0.15, -0.1) is 0 Å². The Labute approximate surface area is 199 Å². The molecule has 1 atom stereocenters. The summed E-state index contributed by atoms with van der Waals surface area (Å²) in [6, 6.07) is 22.7. The molecule has 0 aromatic heterocycles. The highest BCUT2D eigenvalue weighted by Gasteiger charge is 2.12. The van der Waals surface area contributed by atoms with Crippen molar-refractivity contribution in [1.82, 2.24) is 5.32 Å². The number of nitrogens with zero attached hydrogens (tertiary/aromatic N) is 1. The van der Waals surface area contributed by atoms with Crippen molar-refractivity contribution in [3.8, 4) is 5.75 Å². The van der Waals surface area contributed by atoms with Gasteiger partial charge in [-0.25, -0.2) is 0 Å². The average molecular weight is 447 g/mol. The van der Waals surface area contributed by atoms with Crippen LogP contribution in [-0.2, 0) is 4.84 Å². The Morgan fingerprint density at radius 1 is 0.939 bits per heavy atom. The van der Waals surface area contributed by atoms with Gasteiger partial charge in [0, 0.05) is 11.1 Å². The molecule has 3 aromatic carbocycles. The predicted octanol–water partition coefficient (Wildman–Crippen LogP) is 6.81. The third kappa shape index (κ3) is 7.33. The summed E-state index contributed by atoms with van der Waals surface area (Å²) in [5.41, 5.74) is 2.91. The van der Waals surface area contributed by atoms with Crippen molar-refractivity contribution in [2.45, 2.75) is 46.0 Å². The number of fused-ring (bicyclic) bond motifs is 1. The van der Waals surface area contributed by atoms with Crippen LogP contribution in [0.15, 0.2) is 71.9 Å². The van der Waals surface area contributed by atoms with Crippen LogP contribution in [-0.4, -0.2) is 32.5 Å². The van der Waals surface area contributed by atoms with Gasteiger partial charge >= 0.3 is 0 Å². The van der Waals surface area contributed by atoms with E-state index in [1.807, 2.05) is 24.3 Å². The summed E-state index contributed by atoms with van der Waals surface area (Å²) in [7, 11) is 1.68. The van der Waals surface area contributed by atoms with Gasteiger partial charge in [-0.1, -0.05) is 80.7 Å². The molecule has 0 aliphatic carbocycles. The lowest BCUT2D eigenvalue weighted by molar-refractivity contribution is 0.141. The van der Waals surface area contributed by atoms with E-state index in [9.17, 15) is 0 Å². The molecule has 4 heteroatoms. The second-order valence-corrected chi connectivity index (χ2v) is 8.50. The van der Waals surface area contributed by atoms with Gasteiger partial charge in [-0.05, 0) is 66.9 Å². The summed E-state index contributed by atoms with van der Waals surface area (Å²) in [5, 5.41) is 10.6. The van der Waals surface area contributed by atoms with Crippen LogP contribution in [0, 0.1) is 5.92 Å². The number of rotatable bonds is 14. The molecule has 1 unspecified atom stereocenters. The summed E-state index contributed by atoms with van der Waals surface area (Å²) >= 11 is 0. The van der Waals surface area contributed by atoms with E-state index in [1.54, 1.807) is 7.11 Å². The van der Waals surface area contributed by atoms with E-state index in [0.29, 0.717) is 6.61 Å².